The molecule has 0 atom stereocenters. The summed E-state index contributed by atoms with van der Waals surface area (Å²) in [6, 6.07) is 7.03. The molecule has 1 aromatic heterocycles. The van der Waals surface area contributed by atoms with Crippen molar-refractivity contribution >= 4 is 28.8 Å². The molecule has 1 N–H and O–H groups in total. The zero-order valence-electron chi connectivity index (χ0n) is 9.94. The van der Waals surface area contributed by atoms with Gasteiger partial charge in [-0.05, 0) is 19.1 Å². The van der Waals surface area contributed by atoms with Crippen molar-refractivity contribution in [1.82, 2.24) is 10.3 Å². The summed E-state index contributed by atoms with van der Waals surface area (Å²) in [4.78, 5) is 17.2. The van der Waals surface area contributed by atoms with E-state index >= 15 is 0 Å². The quantitative estimate of drug-likeness (QED) is 0.935. The van der Waals surface area contributed by atoms with Gasteiger partial charge in [-0.15, -0.1) is 11.3 Å². The number of rotatable bonds is 4. The van der Waals surface area contributed by atoms with E-state index in [1.54, 1.807) is 35.6 Å². The summed E-state index contributed by atoms with van der Waals surface area (Å²) in [5.41, 5.74) is 0.514. The van der Waals surface area contributed by atoms with E-state index < -0.39 is 0 Å². The van der Waals surface area contributed by atoms with E-state index in [9.17, 15) is 4.79 Å². The zero-order valence-corrected chi connectivity index (χ0v) is 11.5. The number of aromatic nitrogens is 1. The Labute approximate surface area is 115 Å². The summed E-state index contributed by atoms with van der Waals surface area (Å²) in [6.07, 6.45) is 2.64. The van der Waals surface area contributed by atoms with E-state index in [2.05, 4.69) is 10.3 Å². The van der Waals surface area contributed by atoms with Gasteiger partial charge >= 0.3 is 0 Å². The minimum Gasteiger partial charge on any atom is -0.352 e. The van der Waals surface area contributed by atoms with Gasteiger partial charge in [0.25, 0.3) is 5.91 Å². The third kappa shape index (κ3) is 3.31. The number of nitrogens with one attached hydrogen (secondary N) is 1. The molecule has 0 aliphatic rings. The van der Waals surface area contributed by atoms with Gasteiger partial charge in [0.05, 0.1) is 15.6 Å². The van der Waals surface area contributed by atoms with Gasteiger partial charge in [-0.1, -0.05) is 23.7 Å². The van der Waals surface area contributed by atoms with Crippen molar-refractivity contribution in [3.63, 3.8) is 0 Å². The molecule has 5 heteroatoms. The number of nitrogens with zero attached hydrogens (tertiary/aromatic N) is 1. The van der Waals surface area contributed by atoms with E-state index in [1.807, 2.05) is 13.1 Å². The van der Waals surface area contributed by atoms with Gasteiger partial charge in [-0.25, -0.2) is 4.98 Å². The van der Waals surface area contributed by atoms with Crippen molar-refractivity contribution in [2.75, 3.05) is 6.54 Å². The van der Waals surface area contributed by atoms with E-state index in [-0.39, 0.29) is 5.91 Å². The van der Waals surface area contributed by atoms with Crippen LogP contribution in [-0.4, -0.2) is 17.4 Å². The Hall–Kier alpha value is -1.39. The second kappa shape index (κ2) is 5.98. The third-order valence-corrected chi connectivity index (χ3v) is 3.75. The zero-order chi connectivity index (χ0) is 13.0. The maximum atomic E-state index is 11.9. The number of amides is 1. The molecule has 1 aromatic carbocycles. The predicted molar refractivity (Wildman–Crippen MR) is 74.3 cm³/mol. The fraction of sp³-hybridized carbons (Fsp3) is 0.231. The molecule has 1 heterocycles. The van der Waals surface area contributed by atoms with E-state index in [0.717, 1.165) is 11.4 Å². The molecule has 0 unspecified atom stereocenters. The largest absolute Gasteiger partial charge is 0.352 e. The Balaban J connectivity index is 1.87. The van der Waals surface area contributed by atoms with Crippen LogP contribution < -0.4 is 5.32 Å². The molecule has 94 valence electrons. The Morgan fingerprint density at radius 3 is 2.89 bits per heavy atom. The first-order valence-electron chi connectivity index (χ1n) is 5.61. The number of halogens is 1. The number of benzene rings is 1. The maximum Gasteiger partial charge on any atom is 0.252 e. The van der Waals surface area contributed by atoms with Crippen molar-refractivity contribution in [3.8, 4) is 0 Å². The Kier molecular flexibility index (Phi) is 4.33. The molecular formula is C13H13ClN2OS. The van der Waals surface area contributed by atoms with Crippen LogP contribution in [0.3, 0.4) is 0 Å². The number of thiazole rings is 1. The van der Waals surface area contributed by atoms with Gasteiger partial charge in [-0.3, -0.25) is 4.79 Å². The second-order valence-corrected chi connectivity index (χ2v) is 5.56. The van der Waals surface area contributed by atoms with Gasteiger partial charge in [-0.2, -0.15) is 0 Å². The molecule has 0 aliphatic carbocycles. The lowest BCUT2D eigenvalue weighted by molar-refractivity contribution is 0.0954. The summed E-state index contributed by atoms with van der Waals surface area (Å²) >= 11 is 7.60. The number of aryl methyl sites for hydroxylation is 1. The van der Waals surface area contributed by atoms with Crippen molar-refractivity contribution in [2.24, 2.45) is 0 Å². The van der Waals surface area contributed by atoms with Crippen LogP contribution in [0, 0.1) is 6.92 Å². The minimum absolute atomic E-state index is 0.137. The lowest BCUT2D eigenvalue weighted by atomic mass is 10.2. The fourth-order valence-electron chi connectivity index (χ4n) is 1.56. The molecule has 3 nitrogen and oxygen atoms in total. The standard InChI is InChI=1S/C13H13ClN2OS/c1-9-16-8-10(18-9)6-7-15-13(17)11-4-2-3-5-12(11)14/h2-5,8H,6-7H2,1H3,(H,15,17). The first-order valence-corrected chi connectivity index (χ1v) is 6.80. The van der Waals surface area contributed by atoms with Crippen molar-refractivity contribution in [3.05, 3.63) is 50.9 Å². The highest BCUT2D eigenvalue weighted by Crippen LogP contribution is 2.15. The van der Waals surface area contributed by atoms with Gasteiger partial charge < -0.3 is 5.32 Å². The number of hydrogen-bond donors (Lipinski definition) is 1. The van der Waals surface area contributed by atoms with E-state index in [1.165, 1.54) is 4.88 Å². The first-order chi connectivity index (χ1) is 8.66. The van der Waals surface area contributed by atoms with Crippen LogP contribution in [0.5, 0.6) is 0 Å². The molecule has 0 fully saturated rings. The topological polar surface area (TPSA) is 42.0 Å². The summed E-state index contributed by atoms with van der Waals surface area (Å²) in [5, 5.41) is 4.37. The Bertz CT molecular complexity index is 553. The van der Waals surface area contributed by atoms with Gasteiger partial charge in [0.1, 0.15) is 0 Å². The molecule has 18 heavy (non-hydrogen) atoms. The highest BCUT2D eigenvalue weighted by molar-refractivity contribution is 7.11. The number of carbonyl (C=O) groups is 1. The van der Waals surface area contributed by atoms with Crippen LogP contribution in [0.25, 0.3) is 0 Å². The summed E-state index contributed by atoms with van der Waals surface area (Å²) in [6.45, 7) is 2.56. The van der Waals surface area contributed by atoms with Gasteiger partial charge in [0.15, 0.2) is 0 Å². The smallest absolute Gasteiger partial charge is 0.252 e. The van der Waals surface area contributed by atoms with Crippen LogP contribution in [0.4, 0.5) is 0 Å². The molecule has 1 amide bonds. The maximum absolute atomic E-state index is 11.9. The molecule has 0 saturated heterocycles. The summed E-state index contributed by atoms with van der Waals surface area (Å²) in [5.74, 6) is -0.137. The van der Waals surface area contributed by atoms with E-state index in [4.69, 9.17) is 11.6 Å². The van der Waals surface area contributed by atoms with Crippen LogP contribution in [0.15, 0.2) is 30.5 Å². The molecule has 0 spiro atoms. The third-order valence-electron chi connectivity index (χ3n) is 2.44. The fourth-order valence-corrected chi connectivity index (χ4v) is 2.58. The summed E-state index contributed by atoms with van der Waals surface area (Å²) in [7, 11) is 0. The lowest BCUT2D eigenvalue weighted by Gasteiger charge is -2.05. The predicted octanol–water partition coefficient (Wildman–Crippen LogP) is 3.08. The molecule has 0 radical (unpaired) electrons. The molecule has 2 rings (SSSR count). The Morgan fingerprint density at radius 2 is 2.22 bits per heavy atom. The van der Waals surface area contributed by atoms with Crippen LogP contribution >= 0.6 is 22.9 Å². The summed E-state index contributed by atoms with van der Waals surface area (Å²) < 4.78 is 0. The van der Waals surface area contributed by atoms with Crippen LogP contribution in [0.2, 0.25) is 5.02 Å². The molecule has 0 saturated carbocycles. The lowest BCUT2D eigenvalue weighted by Crippen LogP contribution is -2.25. The normalized spacial score (nSPS) is 10.3. The SMILES string of the molecule is Cc1ncc(CCNC(=O)c2ccccc2Cl)s1. The minimum atomic E-state index is -0.137. The van der Waals surface area contributed by atoms with Crippen molar-refractivity contribution in [2.45, 2.75) is 13.3 Å². The molecule has 2 aromatic rings. The molecule has 0 bridgehead atoms. The average Bonchev–Trinajstić information content (AvgIpc) is 2.75. The van der Waals surface area contributed by atoms with E-state index in [0.29, 0.717) is 17.1 Å². The van der Waals surface area contributed by atoms with Crippen LogP contribution in [0.1, 0.15) is 20.2 Å². The van der Waals surface area contributed by atoms with Gasteiger partial charge in [0, 0.05) is 24.0 Å². The molecule has 0 aliphatic heterocycles. The first kappa shape index (κ1) is 13.1. The monoisotopic (exact) mass is 280 g/mol. The highest BCUT2D eigenvalue weighted by Gasteiger charge is 2.08. The second-order valence-electron chi connectivity index (χ2n) is 3.83. The van der Waals surface area contributed by atoms with Gasteiger partial charge in [0.2, 0.25) is 0 Å². The average molecular weight is 281 g/mol. The highest BCUT2D eigenvalue weighted by atomic mass is 35.5. The van der Waals surface area contributed by atoms with Crippen molar-refractivity contribution < 1.29 is 4.79 Å². The van der Waals surface area contributed by atoms with Crippen LogP contribution in [-0.2, 0) is 6.42 Å². The molecular weight excluding hydrogens is 268 g/mol. The van der Waals surface area contributed by atoms with Crippen molar-refractivity contribution in [1.29, 1.82) is 0 Å². The Morgan fingerprint density at radius 1 is 1.44 bits per heavy atom. The number of hydrogen-bond acceptors (Lipinski definition) is 3. The number of carbonyl (C=O) groups excluding carboxylic acids is 1.